The number of carboxylic acid groups (broad SMARTS) is 1. The molecule has 1 N–H and O–H groups in total. The summed E-state index contributed by atoms with van der Waals surface area (Å²) in [4.78, 5) is 11.3. The molecule has 1 aliphatic rings. The zero-order valence-electron chi connectivity index (χ0n) is 8.55. The highest BCUT2D eigenvalue weighted by molar-refractivity contribution is 7.88. The molecule has 8 heteroatoms. The Morgan fingerprint density at radius 2 is 2.35 bits per heavy atom. The van der Waals surface area contributed by atoms with Gasteiger partial charge in [0, 0.05) is 11.3 Å². The Morgan fingerprint density at radius 3 is 2.94 bits per heavy atom. The van der Waals surface area contributed by atoms with E-state index in [0.717, 1.165) is 11.3 Å². The Kier molecular flexibility index (Phi) is 3.19. The maximum absolute atomic E-state index is 12.8. The molecule has 0 bridgehead atoms. The van der Waals surface area contributed by atoms with E-state index in [1.807, 2.05) is 0 Å². The van der Waals surface area contributed by atoms with Crippen LogP contribution in [0.4, 0.5) is 3.89 Å². The van der Waals surface area contributed by atoms with Crippen LogP contribution in [0.1, 0.15) is 23.0 Å². The number of fused-ring (bicyclic) bond motifs is 1. The zero-order chi connectivity index (χ0) is 12.6. The number of aliphatic carboxylic acids is 1. The normalized spacial score (nSPS) is 19.9. The third-order valence-corrected chi connectivity index (χ3v) is 4.87. The molecule has 0 saturated carbocycles. The van der Waals surface area contributed by atoms with Crippen molar-refractivity contribution in [1.82, 2.24) is 0 Å². The summed E-state index contributed by atoms with van der Waals surface area (Å²) >= 11 is 0.837. The fraction of sp³-hybridized carbons (Fsp3) is 0.444. The van der Waals surface area contributed by atoms with Gasteiger partial charge in [0.15, 0.2) is 4.21 Å². The average molecular weight is 280 g/mol. The van der Waals surface area contributed by atoms with E-state index < -0.39 is 22.3 Å². The van der Waals surface area contributed by atoms with E-state index in [1.54, 1.807) is 0 Å². The second kappa shape index (κ2) is 4.35. The Bertz CT molecular complexity index is 548. The monoisotopic (exact) mass is 280 g/mol. The first-order chi connectivity index (χ1) is 7.88. The molecule has 17 heavy (non-hydrogen) atoms. The van der Waals surface area contributed by atoms with Crippen molar-refractivity contribution in [2.24, 2.45) is 0 Å². The molecule has 2 rings (SSSR count). The first-order valence-corrected chi connectivity index (χ1v) is 6.98. The lowest BCUT2D eigenvalue weighted by molar-refractivity contribution is -0.140. The van der Waals surface area contributed by atoms with E-state index in [9.17, 15) is 17.1 Å². The zero-order valence-corrected chi connectivity index (χ0v) is 10.2. The SMILES string of the molecule is O=C(O)CC1OCCc2sc(S(=O)(=O)F)cc21. The first kappa shape index (κ1) is 12.5. The van der Waals surface area contributed by atoms with Crippen LogP contribution >= 0.6 is 11.3 Å². The molecule has 1 unspecified atom stereocenters. The van der Waals surface area contributed by atoms with Gasteiger partial charge in [0.2, 0.25) is 0 Å². The number of rotatable bonds is 3. The fourth-order valence-electron chi connectivity index (χ4n) is 1.72. The van der Waals surface area contributed by atoms with E-state index in [4.69, 9.17) is 9.84 Å². The highest BCUT2D eigenvalue weighted by Gasteiger charge is 2.28. The molecule has 0 fully saturated rings. The summed E-state index contributed by atoms with van der Waals surface area (Å²) in [5.41, 5.74) is 0.472. The molecule has 0 saturated heterocycles. The minimum Gasteiger partial charge on any atom is -0.481 e. The van der Waals surface area contributed by atoms with Crippen molar-refractivity contribution in [2.45, 2.75) is 23.2 Å². The number of thiophene rings is 1. The summed E-state index contributed by atoms with van der Waals surface area (Å²) in [6.45, 7) is 0.317. The number of hydrogen-bond donors (Lipinski definition) is 1. The lowest BCUT2D eigenvalue weighted by Gasteiger charge is -2.21. The Labute approximate surface area is 101 Å². The van der Waals surface area contributed by atoms with Crippen molar-refractivity contribution in [3.63, 3.8) is 0 Å². The van der Waals surface area contributed by atoms with Crippen LogP contribution in [0.3, 0.4) is 0 Å². The van der Waals surface area contributed by atoms with Crippen LogP contribution in [0.25, 0.3) is 0 Å². The smallest absolute Gasteiger partial charge is 0.341 e. The molecule has 0 aliphatic carbocycles. The average Bonchev–Trinajstić information content (AvgIpc) is 2.60. The van der Waals surface area contributed by atoms with Crippen molar-refractivity contribution in [1.29, 1.82) is 0 Å². The van der Waals surface area contributed by atoms with Gasteiger partial charge in [0.1, 0.15) is 0 Å². The van der Waals surface area contributed by atoms with Gasteiger partial charge in [-0.25, -0.2) is 0 Å². The van der Waals surface area contributed by atoms with Gasteiger partial charge in [-0.15, -0.1) is 11.3 Å². The standard InChI is InChI=1S/C9H9FO5S2/c10-17(13,14)9-3-5-6(4-8(11)12)15-2-1-7(5)16-9/h3,6H,1-2,4H2,(H,11,12). The van der Waals surface area contributed by atoms with Crippen LogP contribution in [0, 0.1) is 0 Å². The second-order valence-corrected chi connectivity index (χ2v) is 6.30. The summed E-state index contributed by atoms with van der Waals surface area (Å²) in [7, 11) is -4.73. The van der Waals surface area contributed by atoms with E-state index >= 15 is 0 Å². The number of carbonyl (C=O) groups is 1. The molecule has 0 radical (unpaired) electrons. The van der Waals surface area contributed by atoms with Gasteiger partial charge in [-0.3, -0.25) is 4.79 Å². The molecule has 2 heterocycles. The Morgan fingerprint density at radius 1 is 1.65 bits per heavy atom. The van der Waals surface area contributed by atoms with E-state index in [-0.39, 0.29) is 10.6 Å². The van der Waals surface area contributed by atoms with Crippen molar-refractivity contribution in [2.75, 3.05) is 6.61 Å². The molecule has 5 nitrogen and oxygen atoms in total. The van der Waals surface area contributed by atoms with Gasteiger partial charge < -0.3 is 9.84 Å². The quantitative estimate of drug-likeness (QED) is 0.848. The van der Waals surface area contributed by atoms with Crippen LogP contribution in [-0.4, -0.2) is 26.1 Å². The molecule has 1 atom stereocenters. The summed E-state index contributed by atoms with van der Waals surface area (Å²) < 4.78 is 39.2. The van der Waals surface area contributed by atoms with Crippen molar-refractivity contribution in [3.05, 3.63) is 16.5 Å². The number of carboxylic acids is 1. The molecule has 1 aliphatic heterocycles. The van der Waals surface area contributed by atoms with Crippen LogP contribution in [0.15, 0.2) is 10.3 Å². The molecular weight excluding hydrogens is 271 g/mol. The van der Waals surface area contributed by atoms with Gasteiger partial charge in [0.05, 0.1) is 19.1 Å². The highest BCUT2D eigenvalue weighted by atomic mass is 32.3. The molecule has 1 aromatic rings. The van der Waals surface area contributed by atoms with Gasteiger partial charge in [-0.1, -0.05) is 3.89 Å². The topological polar surface area (TPSA) is 80.7 Å². The summed E-state index contributed by atoms with van der Waals surface area (Å²) in [6.07, 6.45) is -0.468. The van der Waals surface area contributed by atoms with Crippen LogP contribution in [0.5, 0.6) is 0 Å². The van der Waals surface area contributed by atoms with E-state index in [0.29, 0.717) is 23.5 Å². The maximum Gasteiger partial charge on any atom is 0.341 e. The van der Waals surface area contributed by atoms with Gasteiger partial charge in [-0.05, 0) is 11.6 Å². The first-order valence-electron chi connectivity index (χ1n) is 4.78. The molecule has 94 valence electrons. The lowest BCUT2D eigenvalue weighted by Crippen LogP contribution is -2.17. The second-order valence-electron chi connectivity index (χ2n) is 3.59. The highest BCUT2D eigenvalue weighted by Crippen LogP contribution is 2.37. The van der Waals surface area contributed by atoms with Crippen molar-refractivity contribution in [3.8, 4) is 0 Å². The minimum absolute atomic E-state index is 0.254. The molecular formula is C9H9FO5S2. The third kappa shape index (κ3) is 2.64. The van der Waals surface area contributed by atoms with Gasteiger partial charge in [0.25, 0.3) is 0 Å². The lowest BCUT2D eigenvalue weighted by atomic mass is 10.0. The van der Waals surface area contributed by atoms with E-state index in [2.05, 4.69) is 0 Å². The number of halogens is 1. The van der Waals surface area contributed by atoms with Crippen molar-refractivity contribution >= 4 is 27.5 Å². The maximum atomic E-state index is 12.8. The van der Waals surface area contributed by atoms with Crippen LogP contribution < -0.4 is 0 Å². The van der Waals surface area contributed by atoms with E-state index in [1.165, 1.54) is 6.07 Å². The number of ether oxygens (including phenoxy) is 1. The van der Waals surface area contributed by atoms with Gasteiger partial charge >= 0.3 is 16.2 Å². The summed E-state index contributed by atoms with van der Waals surface area (Å²) in [5.74, 6) is -1.04. The summed E-state index contributed by atoms with van der Waals surface area (Å²) in [5, 5.41) is 8.69. The Balaban J connectivity index is 2.38. The fourth-order valence-corrected chi connectivity index (χ4v) is 3.61. The predicted octanol–water partition coefficient (Wildman–Crippen LogP) is 1.49. The number of hydrogen-bond acceptors (Lipinski definition) is 5. The predicted molar refractivity (Wildman–Crippen MR) is 57.3 cm³/mol. The van der Waals surface area contributed by atoms with Crippen LogP contribution in [0.2, 0.25) is 0 Å². The molecule has 0 spiro atoms. The minimum atomic E-state index is -4.73. The molecule has 0 aromatic carbocycles. The molecule has 0 amide bonds. The third-order valence-electron chi connectivity index (χ3n) is 2.41. The largest absolute Gasteiger partial charge is 0.481 e. The summed E-state index contributed by atoms with van der Waals surface area (Å²) in [6, 6.07) is 1.17. The molecule has 1 aromatic heterocycles. The Hall–Kier alpha value is -0.990. The van der Waals surface area contributed by atoms with Crippen molar-refractivity contribution < 1.29 is 26.9 Å². The van der Waals surface area contributed by atoms with Crippen LogP contribution in [-0.2, 0) is 26.2 Å². The van der Waals surface area contributed by atoms with Gasteiger partial charge in [-0.2, -0.15) is 8.42 Å².